The van der Waals surface area contributed by atoms with E-state index in [9.17, 15) is 0 Å². The number of methoxy groups -OCH3 is 1. The fourth-order valence-corrected chi connectivity index (χ4v) is 2.73. The van der Waals surface area contributed by atoms with Crippen molar-refractivity contribution in [1.82, 2.24) is 4.98 Å². The maximum atomic E-state index is 15.0. The monoisotopic (exact) mass is 346 g/mol. The highest BCUT2D eigenvalue weighted by Gasteiger charge is 2.52. The molecule has 25 heavy (non-hydrogen) atoms. The van der Waals surface area contributed by atoms with Crippen molar-refractivity contribution in [1.29, 1.82) is 0 Å². The average molecular weight is 346 g/mol. The topological polar surface area (TPSA) is 52.6 Å². The molecule has 0 spiro atoms. The summed E-state index contributed by atoms with van der Waals surface area (Å²) in [5.41, 5.74) is -0.619. The third kappa shape index (κ3) is 3.36. The van der Waals surface area contributed by atoms with E-state index in [0.29, 0.717) is 29.8 Å². The van der Waals surface area contributed by atoms with Crippen LogP contribution in [0, 0.1) is 5.82 Å². The van der Waals surface area contributed by atoms with Crippen LogP contribution in [0.5, 0.6) is 0 Å². The van der Waals surface area contributed by atoms with Crippen LogP contribution in [0.2, 0.25) is 0 Å². The summed E-state index contributed by atoms with van der Waals surface area (Å²) in [5, 5.41) is 4.36. The van der Waals surface area contributed by atoms with E-state index in [1.165, 1.54) is 6.20 Å². The fourth-order valence-electron chi connectivity index (χ4n) is 2.73. The van der Waals surface area contributed by atoms with Gasteiger partial charge in [-0.05, 0) is 39.1 Å². The normalized spacial score (nSPS) is 18.7. The molecule has 1 N–H and O–H groups in total. The minimum Gasteiger partial charge on any atom is -0.399 e. The molecule has 1 fully saturated rings. The van der Waals surface area contributed by atoms with Crippen LogP contribution in [0.4, 0.5) is 10.2 Å². The van der Waals surface area contributed by atoms with E-state index in [1.807, 2.05) is 39.8 Å². The number of ether oxygens (including phenoxy) is 1. The second kappa shape index (κ2) is 6.55. The van der Waals surface area contributed by atoms with Crippen LogP contribution in [0.1, 0.15) is 27.7 Å². The first-order valence-electron chi connectivity index (χ1n) is 8.42. The largest absolute Gasteiger partial charge is 0.497 e. The molecule has 2 aromatic rings. The molecule has 0 radical (unpaired) electrons. The summed E-state index contributed by atoms with van der Waals surface area (Å²) in [5.74, 6) is 0.333. The Bertz CT molecular complexity index is 766. The number of anilines is 1. The highest BCUT2D eigenvalue weighted by atomic mass is 19.1. The molecule has 7 heteroatoms. The number of aromatic nitrogens is 1. The summed E-state index contributed by atoms with van der Waals surface area (Å²) in [4.78, 5) is 4.28. The molecular weight excluding hydrogens is 322 g/mol. The number of hydrogen-bond acceptors (Lipinski definition) is 5. The fraction of sp³-hybridized carbons (Fsp3) is 0.500. The van der Waals surface area contributed by atoms with Crippen molar-refractivity contribution in [3.8, 4) is 0 Å². The lowest BCUT2D eigenvalue weighted by atomic mass is 9.78. The minimum atomic E-state index is -0.728. The van der Waals surface area contributed by atoms with Crippen LogP contribution >= 0.6 is 0 Å². The molecule has 2 heterocycles. The van der Waals surface area contributed by atoms with Gasteiger partial charge in [0.25, 0.3) is 0 Å². The Labute approximate surface area is 148 Å². The van der Waals surface area contributed by atoms with Crippen LogP contribution in [-0.2, 0) is 14.0 Å². The van der Waals surface area contributed by atoms with E-state index >= 15 is 4.39 Å². The van der Waals surface area contributed by atoms with Crippen LogP contribution in [0.3, 0.4) is 0 Å². The summed E-state index contributed by atoms with van der Waals surface area (Å²) in [6.45, 7) is 9.02. The molecule has 0 aliphatic carbocycles. The first-order valence-corrected chi connectivity index (χ1v) is 8.42. The van der Waals surface area contributed by atoms with Gasteiger partial charge >= 0.3 is 7.12 Å². The van der Waals surface area contributed by atoms with Crippen molar-refractivity contribution in [2.75, 3.05) is 25.6 Å². The number of halogens is 1. The van der Waals surface area contributed by atoms with Crippen molar-refractivity contribution in [3.63, 3.8) is 0 Å². The number of pyridine rings is 1. The van der Waals surface area contributed by atoms with Gasteiger partial charge in [-0.15, -0.1) is 0 Å². The Morgan fingerprint density at radius 2 is 1.88 bits per heavy atom. The molecule has 0 unspecified atom stereocenters. The summed E-state index contributed by atoms with van der Waals surface area (Å²) in [6.07, 6.45) is 1.54. The highest BCUT2D eigenvalue weighted by Crippen LogP contribution is 2.37. The van der Waals surface area contributed by atoms with Gasteiger partial charge in [-0.3, -0.25) is 0 Å². The van der Waals surface area contributed by atoms with Gasteiger partial charge in [-0.25, -0.2) is 9.37 Å². The molecule has 1 aliphatic rings. The van der Waals surface area contributed by atoms with Gasteiger partial charge in [0.05, 0.1) is 17.8 Å². The minimum absolute atomic E-state index is 0.355. The lowest BCUT2D eigenvalue weighted by Gasteiger charge is -2.32. The number of fused-ring (bicyclic) bond motifs is 1. The second-order valence-corrected chi connectivity index (χ2v) is 7.27. The van der Waals surface area contributed by atoms with Gasteiger partial charge in [0.1, 0.15) is 11.6 Å². The van der Waals surface area contributed by atoms with Crippen molar-refractivity contribution in [2.45, 2.75) is 38.9 Å². The Balaban J connectivity index is 1.89. The van der Waals surface area contributed by atoms with Crippen molar-refractivity contribution >= 4 is 29.2 Å². The van der Waals surface area contributed by atoms with Crippen LogP contribution in [0.15, 0.2) is 24.4 Å². The van der Waals surface area contributed by atoms with Crippen molar-refractivity contribution < 1.29 is 18.4 Å². The number of nitrogens with zero attached hydrogens (tertiary/aromatic N) is 1. The molecule has 0 amide bonds. The zero-order chi connectivity index (χ0) is 18.2. The predicted molar refractivity (Wildman–Crippen MR) is 97.8 cm³/mol. The molecule has 0 bridgehead atoms. The zero-order valence-corrected chi connectivity index (χ0v) is 15.4. The number of rotatable bonds is 5. The lowest BCUT2D eigenvalue weighted by molar-refractivity contribution is 0.00578. The number of benzene rings is 1. The molecule has 0 saturated carbocycles. The Kier molecular flexibility index (Phi) is 4.75. The molecule has 1 aliphatic heterocycles. The average Bonchev–Trinajstić information content (AvgIpc) is 2.75. The van der Waals surface area contributed by atoms with E-state index < -0.39 is 18.3 Å². The summed E-state index contributed by atoms with van der Waals surface area (Å²) in [7, 11) is 0.913. The molecule has 1 saturated heterocycles. The SMILES string of the molecule is COCCNc1cc2ccc(B3OC(C)(C)C(C)(C)O3)c(F)c2cn1. The predicted octanol–water partition coefficient (Wildman–Crippen LogP) is 2.73. The Morgan fingerprint density at radius 1 is 1.20 bits per heavy atom. The maximum absolute atomic E-state index is 15.0. The van der Waals surface area contributed by atoms with E-state index in [1.54, 1.807) is 13.2 Å². The summed E-state index contributed by atoms with van der Waals surface area (Å²) < 4.78 is 31.9. The zero-order valence-electron chi connectivity index (χ0n) is 15.4. The summed E-state index contributed by atoms with van der Waals surface area (Å²) >= 11 is 0. The molecule has 3 rings (SSSR count). The van der Waals surface area contributed by atoms with E-state index in [0.717, 1.165) is 5.39 Å². The molecule has 1 aromatic carbocycles. The van der Waals surface area contributed by atoms with E-state index in [-0.39, 0.29) is 5.82 Å². The second-order valence-electron chi connectivity index (χ2n) is 7.27. The van der Waals surface area contributed by atoms with Gasteiger partial charge in [-0.1, -0.05) is 12.1 Å². The molecule has 134 valence electrons. The van der Waals surface area contributed by atoms with Gasteiger partial charge in [0.2, 0.25) is 0 Å². The molecule has 5 nitrogen and oxygen atoms in total. The van der Waals surface area contributed by atoms with Crippen LogP contribution in [-0.4, -0.2) is 43.6 Å². The van der Waals surface area contributed by atoms with Gasteiger partial charge < -0.3 is 19.4 Å². The number of hydrogen-bond donors (Lipinski definition) is 1. The van der Waals surface area contributed by atoms with Gasteiger partial charge in [0.15, 0.2) is 0 Å². The highest BCUT2D eigenvalue weighted by molar-refractivity contribution is 6.62. The molecular formula is C18H24BFN2O3. The quantitative estimate of drug-likeness (QED) is 0.667. The van der Waals surface area contributed by atoms with Crippen molar-refractivity contribution in [3.05, 3.63) is 30.2 Å². The van der Waals surface area contributed by atoms with Gasteiger partial charge in [-0.2, -0.15) is 0 Å². The first-order chi connectivity index (χ1) is 11.7. The van der Waals surface area contributed by atoms with E-state index in [4.69, 9.17) is 14.0 Å². The van der Waals surface area contributed by atoms with Crippen LogP contribution in [0.25, 0.3) is 10.8 Å². The standard InChI is InChI=1S/C18H24BFN2O3/c1-17(2)18(3,4)25-19(24-17)14-7-6-12-10-15(21-8-9-23-5)22-11-13(12)16(14)20/h6-7,10-11H,8-9H2,1-5H3,(H,21,22). The Morgan fingerprint density at radius 3 is 2.52 bits per heavy atom. The lowest BCUT2D eigenvalue weighted by Crippen LogP contribution is -2.41. The third-order valence-electron chi connectivity index (χ3n) is 4.99. The van der Waals surface area contributed by atoms with Crippen molar-refractivity contribution in [2.24, 2.45) is 0 Å². The smallest absolute Gasteiger partial charge is 0.399 e. The van der Waals surface area contributed by atoms with E-state index in [2.05, 4.69) is 10.3 Å². The first kappa shape index (κ1) is 18.1. The molecule has 1 aromatic heterocycles. The Hall–Kier alpha value is -1.70. The van der Waals surface area contributed by atoms with Gasteiger partial charge in [0, 0.05) is 30.7 Å². The maximum Gasteiger partial charge on any atom is 0.497 e. The number of nitrogens with one attached hydrogen (secondary N) is 1. The third-order valence-corrected chi connectivity index (χ3v) is 4.99. The van der Waals surface area contributed by atoms with Crippen LogP contribution < -0.4 is 10.8 Å². The summed E-state index contributed by atoms with van der Waals surface area (Å²) in [6, 6.07) is 5.41. The molecule has 0 atom stereocenters.